The zero-order valence-electron chi connectivity index (χ0n) is 16.0. The van der Waals surface area contributed by atoms with Crippen molar-refractivity contribution >= 4 is 0 Å². The molecule has 2 heterocycles. The second-order valence-corrected chi connectivity index (χ2v) is 9.06. The number of nitrogens with zero attached hydrogens (tertiary/aromatic N) is 2. The second-order valence-electron chi connectivity index (χ2n) is 9.06. The van der Waals surface area contributed by atoms with E-state index in [1.807, 2.05) is 6.07 Å². The van der Waals surface area contributed by atoms with Gasteiger partial charge in [0.1, 0.15) is 0 Å². The Morgan fingerprint density at radius 2 is 1.73 bits per heavy atom. The largest absolute Gasteiger partial charge is 0.454 e. The zero-order valence-corrected chi connectivity index (χ0v) is 16.0. The van der Waals surface area contributed by atoms with Crippen molar-refractivity contribution in [2.24, 2.45) is 17.3 Å². The molecule has 3 aliphatic carbocycles. The number of ether oxygens (including phenoxy) is 2. The average Bonchev–Trinajstić information content (AvgIpc) is 3.11. The van der Waals surface area contributed by atoms with Gasteiger partial charge in [0.2, 0.25) is 6.79 Å². The lowest BCUT2D eigenvalue weighted by Crippen LogP contribution is -2.52. The van der Waals surface area contributed by atoms with E-state index in [1.54, 1.807) is 5.57 Å². The molecule has 2 fully saturated rings. The molecule has 140 valence electrons. The highest BCUT2D eigenvalue weighted by Crippen LogP contribution is 2.59. The van der Waals surface area contributed by atoms with E-state index in [-0.39, 0.29) is 0 Å². The Balaban J connectivity index is 1.14. The molecule has 6 rings (SSSR count). The predicted molar refractivity (Wildman–Crippen MR) is 102 cm³/mol. The van der Waals surface area contributed by atoms with Crippen molar-refractivity contribution in [3.8, 4) is 11.5 Å². The number of fused-ring (bicyclic) bond motifs is 2. The summed E-state index contributed by atoms with van der Waals surface area (Å²) in [4.78, 5) is 5.23. The molecule has 1 saturated carbocycles. The molecule has 0 N–H and O–H groups in total. The van der Waals surface area contributed by atoms with Crippen LogP contribution in [0.1, 0.15) is 32.3 Å². The molecule has 2 aliphatic heterocycles. The van der Waals surface area contributed by atoms with E-state index in [4.69, 9.17) is 9.47 Å². The molecule has 1 aromatic carbocycles. The van der Waals surface area contributed by atoms with E-state index < -0.39 is 0 Å². The molecule has 0 unspecified atom stereocenters. The van der Waals surface area contributed by atoms with E-state index in [2.05, 4.69) is 41.9 Å². The van der Waals surface area contributed by atoms with E-state index >= 15 is 0 Å². The molecule has 2 atom stereocenters. The highest BCUT2D eigenvalue weighted by Gasteiger charge is 2.51. The second kappa shape index (κ2) is 6.28. The van der Waals surface area contributed by atoms with Crippen molar-refractivity contribution < 1.29 is 9.47 Å². The quantitative estimate of drug-likeness (QED) is 0.773. The maximum Gasteiger partial charge on any atom is 0.231 e. The third-order valence-corrected chi connectivity index (χ3v) is 7.30. The Hall–Kier alpha value is -1.52. The third kappa shape index (κ3) is 2.84. The van der Waals surface area contributed by atoms with E-state index in [1.165, 1.54) is 38.0 Å². The number of allylic oxidation sites excluding steroid dienone is 1. The molecular formula is C22H30N2O2. The summed E-state index contributed by atoms with van der Waals surface area (Å²) in [5.74, 6) is 3.55. The van der Waals surface area contributed by atoms with Crippen LogP contribution >= 0.6 is 0 Å². The van der Waals surface area contributed by atoms with Gasteiger partial charge in [0.25, 0.3) is 0 Å². The van der Waals surface area contributed by atoms with E-state index in [0.29, 0.717) is 12.2 Å². The van der Waals surface area contributed by atoms with Crippen LogP contribution in [0.25, 0.3) is 0 Å². The van der Waals surface area contributed by atoms with Crippen LogP contribution in [0, 0.1) is 17.3 Å². The maximum absolute atomic E-state index is 5.51. The lowest BCUT2D eigenvalue weighted by molar-refractivity contribution is -0.0121. The van der Waals surface area contributed by atoms with Crippen LogP contribution < -0.4 is 9.47 Å². The van der Waals surface area contributed by atoms with Crippen LogP contribution in [0.2, 0.25) is 0 Å². The van der Waals surface area contributed by atoms with Gasteiger partial charge in [0, 0.05) is 39.3 Å². The topological polar surface area (TPSA) is 24.9 Å². The fraction of sp³-hybridized carbons (Fsp3) is 0.636. The van der Waals surface area contributed by atoms with Gasteiger partial charge < -0.3 is 9.47 Å². The summed E-state index contributed by atoms with van der Waals surface area (Å²) >= 11 is 0. The number of hydrogen-bond acceptors (Lipinski definition) is 4. The fourth-order valence-electron chi connectivity index (χ4n) is 5.32. The van der Waals surface area contributed by atoms with Gasteiger partial charge in [-0.05, 0) is 47.8 Å². The Bertz CT molecular complexity index is 719. The minimum Gasteiger partial charge on any atom is -0.454 e. The molecule has 0 aromatic heterocycles. The Labute approximate surface area is 156 Å². The van der Waals surface area contributed by atoms with Gasteiger partial charge >= 0.3 is 0 Å². The Morgan fingerprint density at radius 1 is 1.00 bits per heavy atom. The van der Waals surface area contributed by atoms with Crippen LogP contribution in [0.5, 0.6) is 11.5 Å². The molecule has 0 amide bonds. The van der Waals surface area contributed by atoms with Gasteiger partial charge in [0.05, 0.1) is 0 Å². The fourth-order valence-corrected chi connectivity index (χ4v) is 5.32. The molecule has 1 aromatic rings. The predicted octanol–water partition coefficient (Wildman–Crippen LogP) is 3.53. The molecule has 1 saturated heterocycles. The number of benzene rings is 1. The highest BCUT2D eigenvalue weighted by atomic mass is 16.7. The Morgan fingerprint density at radius 3 is 2.46 bits per heavy atom. The first-order valence-electron chi connectivity index (χ1n) is 10.1. The van der Waals surface area contributed by atoms with Gasteiger partial charge in [-0.15, -0.1) is 0 Å². The van der Waals surface area contributed by atoms with Crippen LogP contribution in [-0.2, 0) is 6.54 Å². The van der Waals surface area contributed by atoms with Crippen molar-refractivity contribution in [3.05, 3.63) is 35.4 Å². The van der Waals surface area contributed by atoms with Crippen molar-refractivity contribution in [1.82, 2.24) is 9.80 Å². The zero-order chi connectivity index (χ0) is 17.7. The molecular weight excluding hydrogens is 324 g/mol. The monoisotopic (exact) mass is 354 g/mol. The van der Waals surface area contributed by atoms with Crippen molar-refractivity contribution in [1.29, 1.82) is 0 Å². The summed E-state index contributed by atoms with van der Waals surface area (Å²) in [7, 11) is 0. The minimum atomic E-state index is 0.353. The van der Waals surface area contributed by atoms with Crippen LogP contribution in [-0.4, -0.2) is 49.3 Å². The summed E-state index contributed by atoms with van der Waals surface area (Å²) in [6, 6.07) is 6.34. The summed E-state index contributed by atoms with van der Waals surface area (Å²) in [5.41, 5.74) is 3.59. The SMILES string of the molecule is CC1(C)[C@H]2CC=C(CN3CCN(Cc4ccc5c(c4)OCO5)CC3)[C@H]1C2. The first-order chi connectivity index (χ1) is 12.6. The van der Waals surface area contributed by atoms with Gasteiger partial charge in [-0.1, -0.05) is 31.6 Å². The van der Waals surface area contributed by atoms with Gasteiger partial charge in [-0.25, -0.2) is 0 Å². The third-order valence-electron chi connectivity index (χ3n) is 7.30. The van der Waals surface area contributed by atoms with Crippen molar-refractivity contribution in [3.63, 3.8) is 0 Å². The number of rotatable bonds is 4. The summed E-state index contributed by atoms with van der Waals surface area (Å²) in [5, 5.41) is 0. The first-order valence-corrected chi connectivity index (χ1v) is 10.1. The summed E-state index contributed by atoms with van der Waals surface area (Å²) < 4.78 is 10.9. The molecule has 2 bridgehead atoms. The molecule has 26 heavy (non-hydrogen) atoms. The van der Waals surface area contributed by atoms with Gasteiger partial charge in [-0.3, -0.25) is 9.80 Å². The van der Waals surface area contributed by atoms with Gasteiger partial charge in [-0.2, -0.15) is 0 Å². The normalized spacial score (nSPS) is 30.0. The standard InChI is InChI=1S/C22H30N2O2/c1-22(2)18-5-4-17(19(22)12-18)14-24-9-7-23(8-10-24)13-16-3-6-20-21(11-16)26-15-25-20/h3-4,6,11,18-19H,5,7-10,12-15H2,1-2H3/t18-,19+/m0/s1. The smallest absolute Gasteiger partial charge is 0.231 e. The lowest BCUT2D eigenvalue weighted by atomic mass is 9.49. The van der Waals surface area contributed by atoms with Crippen LogP contribution in [0.3, 0.4) is 0 Å². The van der Waals surface area contributed by atoms with E-state index in [9.17, 15) is 0 Å². The van der Waals surface area contributed by atoms with Crippen molar-refractivity contribution in [2.75, 3.05) is 39.5 Å². The summed E-state index contributed by atoms with van der Waals surface area (Å²) in [6.45, 7) is 12.2. The van der Waals surface area contributed by atoms with Gasteiger partial charge in [0.15, 0.2) is 11.5 Å². The maximum atomic E-state index is 5.51. The molecule has 4 heteroatoms. The Kier molecular flexibility index (Phi) is 4.02. The lowest BCUT2D eigenvalue weighted by Gasteiger charge is -2.57. The number of hydrogen-bond donors (Lipinski definition) is 0. The molecule has 4 nitrogen and oxygen atoms in total. The van der Waals surface area contributed by atoms with Crippen LogP contribution in [0.4, 0.5) is 0 Å². The molecule has 5 aliphatic rings. The molecule has 0 spiro atoms. The summed E-state index contributed by atoms with van der Waals surface area (Å²) in [6.07, 6.45) is 5.30. The average molecular weight is 354 g/mol. The highest BCUT2D eigenvalue weighted by molar-refractivity contribution is 5.44. The number of piperazine rings is 1. The minimum absolute atomic E-state index is 0.353. The molecule has 0 radical (unpaired) electrons. The van der Waals surface area contributed by atoms with Crippen LogP contribution in [0.15, 0.2) is 29.8 Å². The van der Waals surface area contributed by atoms with Crippen molar-refractivity contribution in [2.45, 2.75) is 33.2 Å². The van der Waals surface area contributed by atoms with E-state index in [0.717, 1.165) is 43.0 Å². The first kappa shape index (κ1) is 16.6.